The first-order valence-corrected chi connectivity index (χ1v) is 10.6. The van der Waals surface area contributed by atoms with E-state index in [0.717, 1.165) is 25.9 Å². The highest BCUT2D eigenvalue weighted by atomic mass is 32.2. The Balaban J connectivity index is 1.61. The van der Waals surface area contributed by atoms with Gasteiger partial charge < -0.3 is 20.9 Å². The van der Waals surface area contributed by atoms with E-state index < -0.39 is 29.5 Å². The number of rotatable bonds is 6. The monoisotopic (exact) mass is 419 g/mol. The fourth-order valence-electron chi connectivity index (χ4n) is 3.28. The Bertz CT molecular complexity index is 769. The van der Waals surface area contributed by atoms with Crippen LogP contribution in [0.5, 0.6) is 0 Å². The summed E-state index contributed by atoms with van der Waals surface area (Å²) in [6.45, 7) is 2.88. The number of nitrogens with zero attached hydrogens (tertiary/aromatic N) is 1. The fraction of sp³-hybridized carbons (Fsp3) is 0.474. The third-order valence-electron chi connectivity index (χ3n) is 4.73. The predicted molar refractivity (Wildman–Crippen MR) is 109 cm³/mol. The van der Waals surface area contributed by atoms with E-state index in [1.165, 1.54) is 18.7 Å². The number of thioether (sulfide) groups is 1. The maximum Gasteiger partial charge on any atom is 0.252 e. The van der Waals surface area contributed by atoms with E-state index in [4.69, 9.17) is 0 Å². The number of amides is 4. The van der Waals surface area contributed by atoms with E-state index in [1.807, 2.05) is 4.90 Å². The normalized spacial score (nSPS) is 24.0. The summed E-state index contributed by atoms with van der Waals surface area (Å²) in [5.41, 5.74) is -0.148. The average Bonchev–Trinajstić information content (AvgIpc) is 3.24. The number of likely N-dealkylation sites (tertiary alicyclic amines) is 1. The molecule has 29 heavy (non-hydrogen) atoms. The summed E-state index contributed by atoms with van der Waals surface area (Å²) in [4.78, 5) is 50.7. The van der Waals surface area contributed by atoms with Gasteiger partial charge in [-0.15, -0.1) is 11.8 Å². The molecule has 0 bridgehead atoms. The lowest BCUT2D eigenvalue weighted by atomic mass is 10.1. The van der Waals surface area contributed by atoms with Crippen molar-refractivity contribution in [2.45, 2.75) is 37.5 Å². The number of carbonyl (C=O) groups excluding carboxylic acids is 4. The van der Waals surface area contributed by atoms with E-state index in [0.29, 0.717) is 5.56 Å². The van der Waals surface area contributed by atoms with Gasteiger partial charge in [-0.3, -0.25) is 24.5 Å². The molecule has 4 N–H and O–H groups in total. The van der Waals surface area contributed by atoms with Gasteiger partial charge >= 0.3 is 0 Å². The third-order valence-corrected chi connectivity index (χ3v) is 5.73. The molecular weight excluding hydrogens is 394 g/mol. The molecule has 2 aliphatic rings. The van der Waals surface area contributed by atoms with Crippen molar-refractivity contribution in [3.05, 3.63) is 35.9 Å². The van der Waals surface area contributed by atoms with Gasteiger partial charge in [0.2, 0.25) is 17.7 Å². The van der Waals surface area contributed by atoms with Crippen molar-refractivity contribution in [2.75, 3.05) is 18.8 Å². The van der Waals surface area contributed by atoms with Gasteiger partial charge in [-0.25, -0.2) is 0 Å². The van der Waals surface area contributed by atoms with Crippen LogP contribution in [-0.2, 0) is 14.4 Å². The largest absolute Gasteiger partial charge is 0.342 e. The maximum atomic E-state index is 12.6. The molecule has 0 aromatic heterocycles. The van der Waals surface area contributed by atoms with E-state index in [-0.39, 0.29) is 17.6 Å². The highest BCUT2D eigenvalue weighted by Gasteiger charge is 2.38. The van der Waals surface area contributed by atoms with Gasteiger partial charge in [0.05, 0.1) is 5.75 Å². The molecule has 2 heterocycles. The summed E-state index contributed by atoms with van der Waals surface area (Å²) < 4.78 is 0. The van der Waals surface area contributed by atoms with Gasteiger partial charge in [-0.1, -0.05) is 18.2 Å². The minimum Gasteiger partial charge on any atom is -0.342 e. The van der Waals surface area contributed by atoms with E-state index >= 15 is 0 Å². The first kappa shape index (κ1) is 21.1. The molecule has 0 saturated carbocycles. The Morgan fingerprint density at radius 3 is 2.48 bits per heavy atom. The summed E-state index contributed by atoms with van der Waals surface area (Å²) in [5, 5.41) is 11.1. The van der Waals surface area contributed by atoms with Crippen LogP contribution in [-0.4, -0.2) is 65.1 Å². The van der Waals surface area contributed by atoms with Gasteiger partial charge in [-0.2, -0.15) is 0 Å². The van der Waals surface area contributed by atoms with Crippen molar-refractivity contribution in [3.8, 4) is 0 Å². The number of carbonyl (C=O) groups is 4. The van der Waals surface area contributed by atoms with Crippen molar-refractivity contribution in [1.82, 2.24) is 26.2 Å². The van der Waals surface area contributed by atoms with Crippen LogP contribution in [0.2, 0.25) is 0 Å². The molecule has 1 aromatic rings. The summed E-state index contributed by atoms with van der Waals surface area (Å²) in [6.07, 6.45) is 1.23. The van der Waals surface area contributed by atoms with E-state index in [2.05, 4.69) is 21.3 Å². The standard InChI is InChI=1S/C19H25N5O4S/c1-12(25)20-16-15(21-17(27)13-7-3-2-4-8-13)18(28)23-19(22-16)29-11-14(26)24-9-5-6-10-24/h2-4,7-8,15-16,19,22H,5-6,9-11H2,1H3,(H,20,25)(H,21,27)(H,23,28). The molecule has 0 aliphatic carbocycles. The lowest BCUT2D eigenvalue weighted by Crippen LogP contribution is -2.72. The molecule has 10 heteroatoms. The molecule has 2 saturated heterocycles. The second kappa shape index (κ2) is 9.75. The predicted octanol–water partition coefficient (Wildman–Crippen LogP) is -0.394. The molecule has 4 amide bonds. The molecule has 2 fully saturated rings. The minimum absolute atomic E-state index is 0.0270. The highest BCUT2D eigenvalue weighted by molar-refractivity contribution is 8.00. The first-order valence-electron chi connectivity index (χ1n) is 9.53. The van der Waals surface area contributed by atoms with Crippen molar-refractivity contribution in [2.24, 2.45) is 0 Å². The van der Waals surface area contributed by atoms with E-state index in [1.54, 1.807) is 30.3 Å². The van der Waals surface area contributed by atoms with Gasteiger partial charge in [0.1, 0.15) is 17.7 Å². The summed E-state index contributed by atoms with van der Waals surface area (Å²) in [6, 6.07) is 7.53. The quantitative estimate of drug-likeness (QED) is 0.498. The molecule has 156 valence electrons. The van der Waals surface area contributed by atoms with Gasteiger partial charge in [0.15, 0.2) is 0 Å². The lowest BCUT2D eigenvalue weighted by Gasteiger charge is -2.37. The van der Waals surface area contributed by atoms with Crippen LogP contribution >= 0.6 is 11.8 Å². The van der Waals surface area contributed by atoms with Crippen LogP contribution < -0.4 is 21.3 Å². The molecule has 0 spiro atoms. The molecule has 3 rings (SSSR count). The SMILES string of the molecule is CC(=O)NC1NC(SCC(=O)N2CCCC2)NC(=O)C1NC(=O)c1ccccc1. The van der Waals surface area contributed by atoms with Gasteiger partial charge in [0, 0.05) is 25.6 Å². The van der Waals surface area contributed by atoms with Crippen LogP contribution in [0.15, 0.2) is 30.3 Å². The summed E-state index contributed by atoms with van der Waals surface area (Å²) in [5.74, 6) is -0.950. The Morgan fingerprint density at radius 1 is 1.14 bits per heavy atom. The van der Waals surface area contributed by atoms with Crippen molar-refractivity contribution in [1.29, 1.82) is 0 Å². The van der Waals surface area contributed by atoms with Gasteiger partial charge in [0.25, 0.3) is 5.91 Å². The lowest BCUT2D eigenvalue weighted by molar-refractivity contribution is -0.129. The molecule has 3 unspecified atom stereocenters. The third kappa shape index (κ3) is 5.70. The Kier molecular flexibility index (Phi) is 7.10. The smallest absolute Gasteiger partial charge is 0.252 e. The highest BCUT2D eigenvalue weighted by Crippen LogP contribution is 2.15. The number of benzene rings is 1. The van der Waals surface area contributed by atoms with Crippen molar-refractivity contribution < 1.29 is 19.2 Å². The number of nitrogens with one attached hydrogen (secondary N) is 4. The van der Waals surface area contributed by atoms with Crippen LogP contribution in [0, 0.1) is 0 Å². The first-order chi connectivity index (χ1) is 13.9. The molecule has 1 aromatic carbocycles. The van der Waals surface area contributed by atoms with E-state index in [9.17, 15) is 19.2 Å². The minimum atomic E-state index is -0.988. The molecule has 0 radical (unpaired) electrons. The van der Waals surface area contributed by atoms with Crippen LogP contribution in [0.25, 0.3) is 0 Å². The van der Waals surface area contributed by atoms with Crippen LogP contribution in [0.3, 0.4) is 0 Å². The number of hydrogen-bond donors (Lipinski definition) is 4. The van der Waals surface area contributed by atoms with Crippen molar-refractivity contribution >= 4 is 35.4 Å². The Labute approximate surface area is 173 Å². The molecular formula is C19H25N5O4S. The maximum absolute atomic E-state index is 12.6. The summed E-state index contributed by atoms with van der Waals surface area (Å²) >= 11 is 1.25. The van der Waals surface area contributed by atoms with Crippen LogP contribution in [0.1, 0.15) is 30.1 Å². The average molecular weight is 420 g/mol. The fourth-order valence-corrected chi connectivity index (χ4v) is 4.21. The number of hydrogen-bond acceptors (Lipinski definition) is 6. The Hall–Kier alpha value is -2.59. The van der Waals surface area contributed by atoms with Crippen LogP contribution in [0.4, 0.5) is 0 Å². The van der Waals surface area contributed by atoms with Crippen molar-refractivity contribution in [3.63, 3.8) is 0 Å². The summed E-state index contributed by atoms with van der Waals surface area (Å²) in [7, 11) is 0. The van der Waals surface area contributed by atoms with Gasteiger partial charge in [-0.05, 0) is 25.0 Å². The topological polar surface area (TPSA) is 120 Å². The second-order valence-corrected chi connectivity index (χ2v) is 8.04. The molecule has 3 atom stereocenters. The zero-order valence-corrected chi connectivity index (χ0v) is 17.0. The zero-order valence-electron chi connectivity index (χ0n) is 16.1. The molecule has 9 nitrogen and oxygen atoms in total. The molecule has 2 aliphatic heterocycles. The zero-order chi connectivity index (χ0) is 20.8. The Morgan fingerprint density at radius 2 is 1.83 bits per heavy atom. The second-order valence-electron chi connectivity index (χ2n) is 6.95.